The lowest BCUT2D eigenvalue weighted by Crippen LogP contribution is -2.48. The predicted octanol–water partition coefficient (Wildman–Crippen LogP) is 1.17. The zero-order chi connectivity index (χ0) is 17.1. The molecule has 5 heteroatoms. The molecule has 2 aromatic carbocycles. The normalized spacial score (nSPS) is 17.9. The lowest BCUT2D eigenvalue weighted by atomic mass is 9.89. The van der Waals surface area contributed by atoms with Crippen molar-refractivity contribution in [1.82, 2.24) is 4.90 Å². The number of carbonyl (C=O) groups is 2. The maximum atomic E-state index is 13.0. The van der Waals surface area contributed by atoms with Gasteiger partial charge in [-0.25, -0.2) is 0 Å². The highest BCUT2D eigenvalue weighted by Gasteiger charge is 2.37. The van der Waals surface area contributed by atoms with E-state index in [1.807, 2.05) is 24.3 Å². The van der Waals surface area contributed by atoms with Crippen LogP contribution in [-0.2, 0) is 16.0 Å². The fraction of sp³-hybridized carbons (Fsp3) is 0.263. The fourth-order valence-corrected chi connectivity index (χ4v) is 3.25. The van der Waals surface area contributed by atoms with Crippen LogP contribution in [0.15, 0.2) is 48.5 Å². The molecule has 0 spiro atoms. The molecule has 2 amide bonds. The first-order valence-corrected chi connectivity index (χ1v) is 7.88. The topological polar surface area (TPSA) is 83.6 Å². The maximum Gasteiger partial charge on any atom is 0.244 e. The fourth-order valence-electron chi connectivity index (χ4n) is 3.25. The summed E-state index contributed by atoms with van der Waals surface area (Å²) >= 11 is 0. The van der Waals surface area contributed by atoms with Crippen LogP contribution < -0.4 is 5.73 Å². The average Bonchev–Trinajstić information content (AvgIpc) is 2.62. The van der Waals surface area contributed by atoms with Crippen LogP contribution >= 0.6 is 0 Å². The van der Waals surface area contributed by atoms with Crippen molar-refractivity contribution in [2.75, 3.05) is 13.2 Å². The molecule has 0 bridgehead atoms. The zero-order valence-electron chi connectivity index (χ0n) is 13.2. The second-order valence-corrected chi connectivity index (χ2v) is 5.86. The minimum Gasteiger partial charge on any atom is -0.395 e. The molecule has 0 saturated carbocycles. The van der Waals surface area contributed by atoms with Crippen molar-refractivity contribution in [3.63, 3.8) is 0 Å². The minimum absolute atomic E-state index is 0.286. The Morgan fingerprint density at radius 3 is 2.71 bits per heavy atom. The number of hydrogen-bond donors (Lipinski definition) is 2. The molecule has 1 aliphatic heterocycles. The first-order chi connectivity index (χ1) is 11.6. The molecule has 0 saturated heterocycles. The zero-order valence-corrected chi connectivity index (χ0v) is 13.2. The SMILES string of the molecule is NC(=O)C1c2cc[c]cc2CCN1C(=O)C(CO)c1ccccc1. The van der Waals surface area contributed by atoms with Gasteiger partial charge in [0.15, 0.2) is 0 Å². The van der Waals surface area contributed by atoms with Crippen LogP contribution in [-0.4, -0.2) is 35.0 Å². The van der Waals surface area contributed by atoms with Crippen molar-refractivity contribution in [3.05, 3.63) is 71.3 Å². The van der Waals surface area contributed by atoms with Crippen LogP contribution in [0.4, 0.5) is 0 Å². The molecular formula is C19H19N2O3. The number of nitrogens with zero attached hydrogens (tertiary/aromatic N) is 1. The van der Waals surface area contributed by atoms with Crippen LogP contribution in [0.1, 0.15) is 28.7 Å². The smallest absolute Gasteiger partial charge is 0.244 e. The molecule has 0 aromatic heterocycles. The molecule has 2 unspecified atom stereocenters. The molecule has 3 N–H and O–H groups in total. The van der Waals surface area contributed by atoms with E-state index in [0.717, 1.165) is 16.7 Å². The number of rotatable bonds is 4. The van der Waals surface area contributed by atoms with Gasteiger partial charge in [0, 0.05) is 6.54 Å². The number of aliphatic hydroxyl groups is 1. The van der Waals surface area contributed by atoms with Crippen molar-refractivity contribution in [2.45, 2.75) is 18.4 Å². The van der Waals surface area contributed by atoms with Gasteiger partial charge in [0.25, 0.3) is 0 Å². The van der Waals surface area contributed by atoms with Crippen molar-refractivity contribution < 1.29 is 14.7 Å². The highest BCUT2D eigenvalue weighted by Crippen LogP contribution is 2.32. The molecule has 0 aliphatic carbocycles. The summed E-state index contributed by atoms with van der Waals surface area (Å²) in [7, 11) is 0. The molecule has 2 atom stereocenters. The van der Waals surface area contributed by atoms with Crippen LogP contribution in [0.5, 0.6) is 0 Å². The minimum atomic E-state index is -0.811. The summed E-state index contributed by atoms with van der Waals surface area (Å²) in [5.74, 6) is -1.56. The van der Waals surface area contributed by atoms with Gasteiger partial charge in [-0.05, 0) is 29.2 Å². The standard InChI is InChI=1S/C19H19N2O3/c20-18(23)17-15-9-5-4-8-14(15)10-11-21(17)19(24)16(12-22)13-6-2-1-3-7-13/h1-3,5-9,16-17,22H,10-12H2,(H2,20,23). The van der Waals surface area contributed by atoms with Gasteiger partial charge in [0.2, 0.25) is 11.8 Å². The molecule has 1 aliphatic rings. The van der Waals surface area contributed by atoms with Crippen molar-refractivity contribution in [3.8, 4) is 0 Å². The number of aliphatic hydroxyl groups excluding tert-OH is 1. The summed E-state index contributed by atoms with van der Waals surface area (Å²) in [6.45, 7) is 0.0703. The van der Waals surface area contributed by atoms with Crippen molar-refractivity contribution in [2.24, 2.45) is 5.73 Å². The van der Waals surface area contributed by atoms with E-state index in [-0.39, 0.29) is 12.5 Å². The van der Waals surface area contributed by atoms with E-state index in [2.05, 4.69) is 6.07 Å². The van der Waals surface area contributed by atoms with E-state index in [4.69, 9.17) is 5.73 Å². The van der Waals surface area contributed by atoms with Gasteiger partial charge < -0.3 is 15.7 Å². The first kappa shape index (κ1) is 16.2. The lowest BCUT2D eigenvalue weighted by molar-refractivity contribution is -0.142. The van der Waals surface area contributed by atoms with Gasteiger partial charge in [0.1, 0.15) is 6.04 Å². The first-order valence-electron chi connectivity index (χ1n) is 7.88. The Balaban J connectivity index is 1.95. The Morgan fingerprint density at radius 1 is 1.29 bits per heavy atom. The molecule has 1 radical (unpaired) electrons. The molecule has 2 aromatic rings. The van der Waals surface area contributed by atoms with E-state index < -0.39 is 17.9 Å². The van der Waals surface area contributed by atoms with Gasteiger partial charge in [-0.2, -0.15) is 0 Å². The largest absolute Gasteiger partial charge is 0.395 e. The Hall–Kier alpha value is -2.66. The summed E-state index contributed by atoms with van der Waals surface area (Å²) in [6, 6.07) is 16.6. The van der Waals surface area contributed by atoms with Gasteiger partial charge in [-0.15, -0.1) is 0 Å². The number of nitrogens with two attached hydrogens (primary N) is 1. The molecule has 5 nitrogen and oxygen atoms in total. The highest BCUT2D eigenvalue weighted by atomic mass is 16.3. The quantitative estimate of drug-likeness (QED) is 0.886. The van der Waals surface area contributed by atoms with Crippen molar-refractivity contribution in [1.29, 1.82) is 0 Å². The molecule has 123 valence electrons. The van der Waals surface area contributed by atoms with E-state index in [0.29, 0.717) is 13.0 Å². The Bertz CT molecular complexity index is 745. The van der Waals surface area contributed by atoms with Crippen LogP contribution in [0.25, 0.3) is 0 Å². The third-order valence-corrected chi connectivity index (χ3v) is 4.45. The lowest BCUT2D eigenvalue weighted by Gasteiger charge is -2.37. The van der Waals surface area contributed by atoms with Crippen LogP contribution in [0, 0.1) is 6.07 Å². The predicted molar refractivity (Wildman–Crippen MR) is 88.9 cm³/mol. The van der Waals surface area contributed by atoms with E-state index in [9.17, 15) is 14.7 Å². The Morgan fingerprint density at radius 2 is 2.04 bits per heavy atom. The van der Waals surface area contributed by atoms with Gasteiger partial charge in [-0.3, -0.25) is 9.59 Å². The van der Waals surface area contributed by atoms with Crippen LogP contribution in [0.2, 0.25) is 0 Å². The number of carbonyl (C=O) groups excluding carboxylic acids is 2. The van der Waals surface area contributed by atoms with E-state index in [1.165, 1.54) is 4.90 Å². The maximum absolute atomic E-state index is 13.0. The number of hydrogen-bond acceptors (Lipinski definition) is 3. The molecular weight excluding hydrogens is 304 g/mol. The third kappa shape index (κ3) is 2.90. The number of amides is 2. The summed E-state index contributed by atoms with van der Waals surface area (Å²) in [6.07, 6.45) is 0.634. The molecule has 1 heterocycles. The van der Waals surface area contributed by atoms with Gasteiger partial charge >= 0.3 is 0 Å². The monoisotopic (exact) mass is 323 g/mol. The summed E-state index contributed by atoms with van der Waals surface area (Å²) in [5.41, 5.74) is 8.03. The Labute approximate surface area is 140 Å². The number of primary amides is 1. The number of benzene rings is 2. The summed E-state index contributed by atoms with van der Waals surface area (Å²) < 4.78 is 0. The Kier molecular flexibility index (Phi) is 4.62. The molecule has 3 rings (SSSR count). The van der Waals surface area contributed by atoms with E-state index in [1.54, 1.807) is 24.3 Å². The summed E-state index contributed by atoms with van der Waals surface area (Å²) in [4.78, 5) is 26.5. The second kappa shape index (κ2) is 6.84. The number of fused-ring (bicyclic) bond motifs is 1. The second-order valence-electron chi connectivity index (χ2n) is 5.86. The highest BCUT2D eigenvalue weighted by molar-refractivity contribution is 5.91. The van der Waals surface area contributed by atoms with Crippen molar-refractivity contribution >= 4 is 11.8 Å². The van der Waals surface area contributed by atoms with Crippen LogP contribution in [0.3, 0.4) is 0 Å². The van der Waals surface area contributed by atoms with Gasteiger partial charge in [-0.1, -0.05) is 48.5 Å². The molecule has 24 heavy (non-hydrogen) atoms. The third-order valence-electron chi connectivity index (χ3n) is 4.45. The van der Waals surface area contributed by atoms with Gasteiger partial charge in [0.05, 0.1) is 12.5 Å². The summed E-state index contributed by atoms with van der Waals surface area (Å²) in [5, 5.41) is 9.73. The average molecular weight is 323 g/mol. The van der Waals surface area contributed by atoms with E-state index >= 15 is 0 Å². The molecule has 0 fully saturated rings.